The van der Waals surface area contributed by atoms with Crippen LogP contribution in [0.3, 0.4) is 0 Å². The van der Waals surface area contributed by atoms with Gasteiger partial charge in [-0.2, -0.15) is 0 Å². The zero-order chi connectivity index (χ0) is 17.9. The molecule has 0 radical (unpaired) electrons. The molecule has 0 bridgehead atoms. The van der Waals surface area contributed by atoms with E-state index in [2.05, 4.69) is 27.0 Å². The van der Waals surface area contributed by atoms with E-state index < -0.39 is 0 Å². The molecule has 1 atom stereocenters. The zero-order valence-corrected chi connectivity index (χ0v) is 14.9. The Hall–Kier alpha value is -2.86. The third kappa shape index (κ3) is 3.04. The minimum absolute atomic E-state index is 0.0232. The maximum Gasteiger partial charge on any atom is 0.162 e. The van der Waals surface area contributed by atoms with Crippen LogP contribution in [0.5, 0.6) is 11.5 Å². The first kappa shape index (κ1) is 16.6. The number of hydrogen-bond acceptors (Lipinski definition) is 6. The van der Waals surface area contributed by atoms with Gasteiger partial charge in [0.25, 0.3) is 0 Å². The number of nitrogens with zero attached hydrogens (tertiary/aromatic N) is 3. The highest BCUT2D eigenvalue weighted by molar-refractivity contribution is 5.92. The molecule has 0 spiro atoms. The Morgan fingerprint density at radius 1 is 1.04 bits per heavy atom. The molecule has 134 valence electrons. The minimum atomic E-state index is 0.0232. The van der Waals surface area contributed by atoms with Crippen molar-refractivity contribution in [1.29, 1.82) is 0 Å². The molecule has 3 aromatic rings. The molecule has 6 heteroatoms. The summed E-state index contributed by atoms with van der Waals surface area (Å²) in [6, 6.07) is 14.1. The van der Waals surface area contributed by atoms with Crippen LogP contribution in [0.4, 0.5) is 5.82 Å². The average Bonchev–Trinajstić information content (AvgIpc) is 2.73. The second kappa shape index (κ2) is 7.17. The van der Waals surface area contributed by atoms with Crippen molar-refractivity contribution in [3.63, 3.8) is 0 Å². The van der Waals surface area contributed by atoms with Gasteiger partial charge in [-0.05, 0) is 11.6 Å². The second-order valence-electron chi connectivity index (χ2n) is 6.14. The van der Waals surface area contributed by atoms with Crippen molar-refractivity contribution in [2.24, 2.45) is 0 Å². The Bertz CT molecular complexity index is 901. The van der Waals surface area contributed by atoms with Gasteiger partial charge in [-0.3, -0.25) is 0 Å². The molecule has 0 amide bonds. The molecule has 0 N–H and O–H groups in total. The SMILES string of the molecule is COc1cc2ncnc(N3CCOC(c4ccccc4)C3)c2cc1OC. The summed E-state index contributed by atoms with van der Waals surface area (Å²) in [6.07, 6.45) is 1.62. The molecule has 26 heavy (non-hydrogen) atoms. The summed E-state index contributed by atoms with van der Waals surface area (Å²) in [7, 11) is 3.26. The van der Waals surface area contributed by atoms with Gasteiger partial charge in [0.1, 0.15) is 18.2 Å². The monoisotopic (exact) mass is 351 g/mol. The largest absolute Gasteiger partial charge is 0.493 e. The highest BCUT2D eigenvalue weighted by Crippen LogP contribution is 2.36. The molecule has 1 saturated heterocycles. The molecule has 1 aromatic heterocycles. The van der Waals surface area contributed by atoms with Crippen molar-refractivity contribution in [3.8, 4) is 11.5 Å². The van der Waals surface area contributed by atoms with Crippen LogP contribution in [0.1, 0.15) is 11.7 Å². The number of rotatable bonds is 4. The Kier molecular flexibility index (Phi) is 4.58. The van der Waals surface area contributed by atoms with E-state index in [0.29, 0.717) is 18.1 Å². The Morgan fingerprint density at radius 3 is 2.58 bits per heavy atom. The van der Waals surface area contributed by atoms with E-state index in [0.717, 1.165) is 29.8 Å². The summed E-state index contributed by atoms with van der Waals surface area (Å²) in [5.74, 6) is 2.22. The number of aromatic nitrogens is 2. The lowest BCUT2D eigenvalue weighted by atomic mass is 10.1. The van der Waals surface area contributed by atoms with E-state index in [-0.39, 0.29) is 6.10 Å². The first-order valence-electron chi connectivity index (χ1n) is 8.58. The highest BCUT2D eigenvalue weighted by Gasteiger charge is 2.24. The number of hydrogen-bond donors (Lipinski definition) is 0. The summed E-state index contributed by atoms with van der Waals surface area (Å²) < 4.78 is 16.8. The quantitative estimate of drug-likeness (QED) is 0.719. The molecule has 2 heterocycles. The van der Waals surface area contributed by atoms with Crippen molar-refractivity contribution < 1.29 is 14.2 Å². The first-order valence-corrected chi connectivity index (χ1v) is 8.58. The van der Waals surface area contributed by atoms with Crippen LogP contribution in [0.2, 0.25) is 0 Å². The average molecular weight is 351 g/mol. The van der Waals surface area contributed by atoms with Gasteiger partial charge in [0, 0.05) is 24.5 Å². The summed E-state index contributed by atoms with van der Waals surface area (Å²) in [5.41, 5.74) is 2.00. The zero-order valence-electron chi connectivity index (χ0n) is 14.9. The first-order chi connectivity index (χ1) is 12.8. The van der Waals surface area contributed by atoms with Crippen molar-refractivity contribution in [2.75, 3.05) is 38.8 Å². The maximum atomic E-state index is 5.98. The lowest BCUT2D eigenvalue weighted by Crippen LogP contribution is -2.39. The summed E-state index contributed by atoms with van der Waals surface area (Å²) in [6.45, 7) is 2.17. The number of benzene rings is 2. The number of ether oxygens (including phenoxy) is 3. The Balaban J connectivity index is 1.71. The van der Waals surface area contributed by atoms with E-state index in [1.54, 1.807) is 20.5 Å². The highest BCUT2D eigenvalue weighted by atomic mass is 16.5. The lowest BCUT2D eigenvalue weighted by molar-refractivity contribution is 0.0396. The molecule has 2 aromatic carbocycles. The van der Waals surface area contributed by atoms with Crippen molar-refractivity contribution in [3.05, 3.63) is 54.4 Å². The molecule has 1 unspecified atom stereocenters. The summed E-state index contributed by atoms with van der Waals surface area (Å²) in [5, 5.41) is 0.943. The molecule has 0 aliphatic carbocycles. The van der Waals surface area contributed by atoms with E-state index in [9.17, 15) is 0 Å². The van der Waals surface area contributed by atoms with Gasteiger partial charge < -0.3 is 19.1 Å². The molecule has 1 aliphatic rings. The predicted molar refractivity (Wildman–Crippen MR) is 100.0 cm³/mol. The standard InChI is InChI=1S/C20H21N3O3/c1-24-17-10-15-16(11-18(17)25-2)21-13-22-20(15)23-8-9-26-19(12-23)14-6-4-3-5-7-14/h3-7,10-11,13,19H,8-9,12H2,1-2H3. The van der Waals surface area contributed by atoms with Crippen molar-refractivity contribution >= 4 is 16.7 Å². The van der Waals surface area contributed by atoms with Crippen LogP contribution in [0, 0.1) is 0 Å². The van der Waals surface area contributed by atoms with Crippen LogP contribution in [-0.2, 0) is 4.74 Å². The number of fused-ring (bicyclic) bond motifs is 1. The number of methoxy groups -OCH3 is 2. The van der Waals surface area contributed by atoms with E-state index >= 15 is 0 Å². The molecule has 6 nitrogen and oxygen atoms in total. The Morgan fingerprint density at radius 2 is 1.81 bits per heavy atom. The van der Waals surface area contributed by atoms with E-state index in [1.165, 1.54) is 5.56 Å². The van der Waals surface area contributed by atoms with Crippen LogP contribution in [-0.4, -0.2) is 43.9 Å². The molecule has 1 aliphatic heterocycles. The molecular weight excluding hydrogens is 330 g/mol. The van der Waals surface area contributed by atoms with Gasteiger partial charge in [0.05, 0.1) is 26.3 Å². The maximum absolute atomic E-state index is 5.98. The normalized spacial score (nSPS) is 17.3. The lowest BCUT2D eigenvalue weighted by Gasteiger charge is -2.34. The van der Waals surface area contributed by atoms with Gasteiger partial charge in [0.15, 0.2) is 11.5 Å². The molecule has 4 rings (SSSR count). The van der Waals surface area contributed by atoms with Crippen LogP contribution < -0.4 is 14.4 Å². The molecule has 1 fully saturated rings. The van der Waals surface area contributed by atoms with Crippen LogP contribution >= 0.6 is 0 Å². The third-order valence-corrected chi connectivity index (χ3v) is 4.66. The third-order valence-electron chi connectivity index (χ3n) is 4.66. The number of anilines is 1. The summed E-state index contributed by atoms with van der Waals surface area (Å²) in [4.78, 5) is 11.2. The van der Waals surface area contributed by atoms with Gasteiger partial charge in [0.2, 0.25) is 0 Å². The number of morpholine rings is 1. The van der Waals surface area contributed by atoms with Gasteiger partial charge >= 0.3 is 0 Å². The fraction of sp³-hybridized carbons (Fsp3) is 0.300. The fourth-order valence-corrected chi connectivity index (χ4v) is 3.33. The Labute approximate surface area is 152 Å². The van der Waals surface area contributed by atoms with E-state index in [4.69, 9.17) is 14.2 Å². The topological polar surface area (TPSA) is 56.7 Å². The van der Waals surface area contributed by atoms with E-state index in [1.807, 2.05) is 30.3 Å². The molecule has 0 saturated carbocycles. The van der Waals surface area contributed by atoms with Crippen molar-refractivity contribution in [1.82, 2.24) is 9.97 Å². The van der Waals surface area contributed by atoms with Crippen LogP contribution in [0.25, 0.3) is 10.9 Å². The van der Waals surface area contributed by atoms with Gasteiger partial charge in [-0.25, -0.2) is 9.97 Å². The smallest absolute Gasteiger partial charge is 0.162 e. The van der Waals surface area contributed by atoms with Gasteiger partial charge in [-0.1, -0.05) is 30.3 Å². The van der Waals surface area contributed by atoms with Crippen LogP contribution in [0.15, 0.2) is 48.8 Å². The van der Waals surface area contributed by atoms with Gasteiger partial charge in [-0.15, -0.1) is 0 Å². The van der Waals surface area contributed by atoms with Crippen molar-refractivity contribution in [2.45, 2.75) is 6.10 Å². The minimum Gasteiger partial charge on any atom is -0.493 e. The fourth-order valence-electron chi connectivity index (χ4n) is 3.33. The summed E-state index contributed by atoms with van der Waals surface area (Å²) >= 11 is 0. The molecular formula is C20H21N3O3. The predicted octanol–water partition coefficient (Wildman–Crippen LogP) is 3.22. The second-order valence-corrected chi connectivity index (χ2v) is 6.14.